The summed E-state index contributed by atoms with van der Waals surface area (Å²) in [7, 11) is 0. The predicted octanol–water partition coefficient (Wildman–Crippen LogP) is 11.8. The molecule has 0 fully saturated rings. The lowest BCUT2D eigenvalue weighted by atomic mass is 10.0. The van der Waals surface area contributed by atoms with E-state index in [1.165, 1.54) is 10.8 Å². The van der Waals surface area contributed by atoms with Crippen LogP contribution >= 0.6 is 0 Å². The van der Waals surface area contributed by atoms with E-state index < -0.39 is 0 Å². The highest BCUT2D eigenvalue weighted by atomic mass is 16.3. The first kappa shape index (κ1) is 27.9. The third kappa shape index (κ3) is 4.20. The van der Waals surface area contributed by atoms with Gasteiger partial charge in [-0.25, -0.2) is 15.0 Å². The molecule has 0 saturated carbocycles. The Kier molecular flexibility index (Phi) is 5.86. The van der Waals surface area contributed by atoms with Crippen molar-refractivity contribution in [1.82, 2.24) is 19.5 Å². The second-order valence-corrected chi connectivity index (χ2v) is 12.8. The summed E-state index contributed by atoms with van der Waals surface area (Å²) < 4.78 is 14.9. The van der Waals surface area contributed by atoms with Crippen LogP contribution in [0.5, 0.6) is 0 Å². The fourth-order valence-corrected chi connectivity index (χ4v) is 7.61. The molecule has 0 N–H and O–H groups in total. The van der Waals surface area contributed by atoms with Gasteiger partial charge in [0.05, 0.1) is 16.7 Å². The number of hydrogen-bond donors (Lipinski definition) is 0. The fraction of sp³-hybridized carbons (Fsp3) is 0. The summed E-state index contributed by atoms with van der Waals surface area (Å²) >= 11 is 0. The molecule has 0 atom stereocenters. The molecule has 0 saturated heterocycles. The van der Waals surface area contributed by atoms with Crippen LogP contribution in [-0.2, 0) is 0 Å². The summed E-state index contributed by atoms with van der Waals surface area (Å²) in [4.78, 5) is 15.7. The summed E-state index contributed by atoms with van der Waals surface area (Å²) in [6.07, 6.45) is 0. The largest absolute Gasteiger partial charge is 0.456 e. The molecule has 11 aromatic rings. The highest BCUT2D eigenvalue weighted by Gasteiger charge is 2.21. The van der Waals surface area contributed by atoms with Crippen molar-refractivity contribution in [3.63, 3.8) is 0 Å². The van der Waals surface area contributed by atoms with Crippen molar-refractivity contribution in [2.45, 2.75) is 0 Å². The van der Waals surface area contributed by atoms with Crippen LogP contribution in [0.1, 0.15) is 0 Å². The molecule has 0 spiro atoms. The van der Waals surface area contributed by atoms with Gasteiger partial charge in [-0.2, -0.15) is 0 Å². The Morgan fingerprint density at radius 1 is 0.373 bits per heavy atom. The van der Waals surface area contributed by atoms with Crippen molar-refractivity contribution in [3.8, 4) is 39.9 Å². The molecule has 0 aliphatic heterocycles. The maximum absolute atomic E-state index is 6.30. The molecule has 0 aliphatic carbocycles. The van der Waals surface area contributed by atoms with Gasteiger partial charge in [-0.3, -0.25) is 0 Å². The van der Waals surface area contributed by atoms with Crippen LogP contribution in [0.2, 0.25) is 0 Å². The summed E-state index contributed by atoms with van der Waals surface area (Å²) in [6.45, 7) is 0. The summed E-state index contributed by atoms with van der Waals surface area (Å²) in [6, 6.07) is 53.9. The lowest BCUT2D eigenvalue weighted by molar-refractivity contribution is 0.668. The minimum Gasteiger partial charge on any atom is -0.456 e. The molecule has 4 aromatic heterocycles. The molecular formula is C45H26N4O2. The van der Waals surface area contributed by atoms with Gasteiger partial charge in [0.25, 0.3) is 0 Å². The molecule has 6 nitrogen and oxygen atoms in total. The van der Waals surface area contributed by atoms with E-state index in [1.54, 1.807) is 0 Å². The van der Waals surface area contributed by atoms with Crippen LogP contribution in [-0.4, -0.2) is 19.5 Å². The van der Waals surface area contributed by atoms with E-state index in [1.807, 2.05) is 60.7 Å². The second-order valence-electron chi connectivity index (χ2n) is 12.8. The van der Waals surface area contributed by atoms with Gasteiger partial charge in [-0.1, -0.05) is 103 Å². The Labute approximate surface area is 290 Å². The van der Waals surface area contributed by atoms with Crippen molar-refractivity contribution in [2.24, 2.45) is 0 Å². The van der Waals surface area contributed by atoms with E-state index in [-0.39, 0.29) is 0 Å². The quantitative estimate of drug-likeness (QED) is 0.189. The Morgan fingerprint density at radius 3 is 1.69 bits per heavy atom. The average molecular weight is 655 g/mol. The number of rotatable bonds is 4. The number of furan rings is 2. The van der Waals surface area contributed by atoms with Gasteiger partial charge < -0.3 is 13.4 Å². The Balaban J connectivity index is 1.20. The van der Waals surface area contributed by atoms with Gasteiger partial charge in [-0.15, -0.1) is 0 Å². The first-order valence-electron chi connectivity index (χ1n) is 16.9. The number of para-hydroxylation sites is 5. The van der Waals surface area contributed by atoms with Crippen LogP contribution in [0.4, 0.5) is 0 Å². The van der Waals surface area contributed by atoms with Crippen molar-refractivity contribution in [2.75, 3.05) is 0 Å². The summed E-state index contributed by atoms with van der Waals surface area (Å²) in [5.41, 5.74) is 9.06. The monoisotopic (exact) mass is 654 g/mol. The van der Waals surface area contributed by atoms with E-state index in [9.17, 15) is 0 Å². The number of nitrogens with zero attached hydrogens (tertiary/aromatic N) is 4. The van der Waals surface area contributed by atoms with Crippen LogP contribution in [0.15, 0.2) is 167 Å². The maximum Gasteiger partial charge on any atom is 0.166 e. The van der Waals surface area contributed by atoms with Crippen molar-refractivity contribution >= 4 is 65.7 Å². The van der Waals surface area contributed by atoms with Gasteiger partial charge in [0, 0.05) is 49.0 Å². The molecule has 0 radical (unpaired) electrons. The number of aromatic nitrogens is 4. The minimum absolute atomic E-state index is 0.555. The van der Waals surface area contributed by atoms with Crippen molar-refractivity contribution in [1.29, 1.82) is 0 Å². The van der Waals surface area contributed by atoms with Crippen LogP contribution in [0.25, 0.3) is 106 Å². The zero-order valence-corrected chi connectivity index (χ0v) is 27.1. The van der Waals surface area contributed by atoms with Gasteiger partial charge in [0.15, 0.2) is 17.5 Å². The zero-order valence-electron chi connectivity index (χ0n) is 27.1. The molecule has 0 aliphatic rings. The van der Waals surface area contributed by atoms with E-state index in [4.69, 9.17) is 23.8 Å². The topological polar surface area (TPSA) is 69.9 Å². The molecule has 6 heteroatoms. The molecular weight excluding hydrogens is 629 g/mol. The van der Waals surface area contributed by atoms with Crippen molar-refractivity contribution in [3.05, 3.63) is 158 Å². The number of benzene rings is 7. The molecule has 4 heterocycles. The first-order valence-corrected chi connectivity index (χ1v) is 16.9. The summed E-state index contributed by atoms with van der Waals surface area (Å²) in [5, 5.41) is 6.50. The molecule has 11 rings (SSSR count). The average Bonchev–Trinajstić information content (AvgIpc) is 3.87. The molecule has 51 heavy (non-hydrogen) atoms. The van der Waals surface area contributed by atoms with E-state index in [0.717, 1.165) is 77.3 Å². The maximum atomic E-state index is 6.30. The SMILES string of the molecule is c1ccc(-n2c3ccccc3c3ccccc32)c(-c2nc(-c3ccc4c(c3)oc3ccccc34)nc(-c3cccc4oc5ccccc5c34)n2)c1. The van der Waals surface area contributed by atoms with Crippen LogP contribution in [0.3, 0.4) is 0 Å². The van der Waals surface area contributed by atoms with Crippen LogP contribution in [0, 0.1) is 0 Å². The molecule has 238 valence electrons. The smallest absolute Gasteiger partial charge is 0.166 e. The summed E-state index contributed by atoms with van der Waals surface area (Å²) in [5.74, 6) is 1.69. The Bertz CT molecular complexity index is 3110. The standard InChI is InChI=1S/C45H26N4O2/c1-6-18-35-28(12-1)29-13-2-7-19-36(29)49(35)37-20-8-3-15-32(37)44-46-43(27-24-25-31-30-14-4-9-21-38(30)51-41(31)26-27)47-45(48-44)34-17-11-23-40-42(34)33-16-5-10-22-39(33)50-40/h1-26H. The number of fused-ring (bicyclic) bond motifs is 9. The highest BCUT2D eigenvalue weighted by Crippen LogP contribution is 2.39. The molecule has 0 amide bonds. The van der Waals surface area contributed by atoms with Crippen LogP contribution < -0.4 is 0 Å². The predicted molar refractivity (Wildman–Crippen MR) is 205 cm³/mol. The van der Waals surface area contributed by atoms with E-state index in [2.05, 4.69) is 102 Å². The zero-order chi connectivity index (χ0) is 33.5. The Hall–Kier alpha value is -7.05. The third-order valence-corrected chi connectivity index (χ3v) is 9.88. The number of hydrogen-bond acceptors (Lipinski definition) is 5. The minimum atomic E-state index is 0.555. The lowest BCUT2D eigenvalue weighted by Crippen LogP contribution is -2.03. The van der Waals surface area contributed by atoms with Crippen molar-refractivity contribution < 1.29 is 8.83 Å². The van der Waals surface area contributed by atoms with Gasteiger partial charge >= 0.3 is 0 Å². The van der Waals surface area contributed by atoms with Gasteiger partial charge in [-0.05, 0) is 54.6 Å². The molecule has 0 unspecified atom stereocenters. The lowest BCUT2D eigenvalue weighted by Gasteiger charge is -2.14. The third-order valence-electron chi connectivity index (χ3n) is 9.88. The van der Waals surface area contributed by atoms with E-state index >= 15 is 0 Å². The molecule has 7 aromatic carbocycles. The highest BCUT2D eigenvalue weighted by molar-refractivity contribution is 6.12. The van der Waals surface area contributed by atoms with Gasteiger partial charge in [0.1, 0.15) is 22.3 Å². The first-order chi connectivity index (χ1) is 25.3. The van der Waals surface area contributed by atoms with Gasteiger partial charge in [0.2, 0.25) is 0 Å². The molecule has 0 bridgehead atoms. The second kappa shape index (κ2) is 10.7. The van der Waals surface area contributed by atoms with E-state index in [0.29, 0.717) is 17.5 Å². The Morgan fingerprint density at radius 2 is 0.902 bits per heavy atom. The normalized spacial score (nSPS) is 11.9. The fourth-order valence-electron chi connectivity index (χ4n) is 7.61.